The lowest BCUT2D eigenvalue weighted by Crippen LogP contribution is -2.51. The topological polar surface area (TPSA) is 27.7 Å². The van der Waals surface area contributed by atoms with Crippen LogP contribution in [0.15, 0.2) is 48.5 Å². The molecule has 0 atom stereocenters. The zero-order chi connectivity index (χ0) is 17.6. The third-order valence-corrected chi connectivity index (χ3v) is 4.98. The van der Waals surface area contributed by atoms with Gasteiger partial charge in [0.25, 0.3) is 0 Å². The molecule has 25 heavy (non-hydrogen) atoms. The molecule has 0 spiro atoms. The molecule has 0 radical (unpaired) electrons. The predicted molar refractivity (Wildman–Crippen MR) is 108 cm³/mol. The molecular formula is C19H22ClN3OS. The maximum Gasteiger partial charge on any atom is 0.169 e. The number of hydrogen-bond acceptors (Lipinski definition) is 3. The van der Waals surface area contributed by atoms with Crippen LogP contribution < -0.4 is 15.0 Å². The van der Waals surface area contributed by atoms with E-state index >= 15 is 0 Å². The molecule has 3 rings (SSSR count). The normalized spacial score (nSPS) is 14.3. The Morgan fingerprint density at radius 3 is 2.48 bits per heavy atom. The maximum atomic E-state index is 6.09. The zero-order valence-corrected chi connectivity index (χ0v) is 15.8. The minimum absolute atomic E-state index is 0.720. The second-order valence-corrected chi connectivity index (χ2v) is 6.78. The van der Waals surface area contributed by atoms with E-state index in [-0.39, 0.29) is 0 Å². The first-order chi connectivity index (χ1) is 12.2. The molecule has 6 heteroatoms. The Hall–Kier alpha value is -1.98. The van der Waals surface area contributed by atoms with Gasteiger partial charge in [-0.15, -0.1) is 0 Å². The molecule has 132 valence electrons. The Kier molecular flexibility index (Phi) is 6.00. The van der Waals surface area contributed by atoms with Gasteiger partial charge in [-0.1, -0.05) is 29.8 Å². The molecule has 0 unspecified atom stereocenters. The molecular weight excluding hydrogens is 354 g/mol. The van der Waals surface area contributed by atoms with Crippen LogP contribution in [0.4, 0.5) is 5.69 Å². The molecule has 1 heterocycles. The van der Waals surface area contributed by atoms with Crippen LogP contribution in [0, 0.1) is 0 Å². The average molecular weight is 376 g/mol. The summed E-state index contributed by atoms with van der Waals surface area (Å²) >= 11 is 11.6. The minimum Gasteiger partial charge on any atom is -0.497 e. The van der Waals surface area contributed by atoms with Crippen molar-refractivity contribution >= 4 is 34.6 Å². The highest BCUT2D eigenvalue weighted by Gasteiger charge is 2.19. The fraction of sp³-hybridized carbons (Fsp3) is 0.316. The molecule has 0 aromatic heterocycles. The van der Waals surface area contributed by atoms with E-state index in [0.717, 1.165) is 48.6 Å². The van der Waals surface area contributed by atoms with Crippen LogP contribution in [0.5, 0.6) is 5.75 Å². The van der Waals surface area contributed by atoms with Gasteiger partial charge in [-0.05, 0) is 48.1 Å². The number of nitrogens with one attached hydrogen (secondary N) is 1. The van der Waals surface area contributed by atoms with Crippen molar-refractivity contribution in [2.24, 2.45) is 0 Å². The zero-order valence-electron chi connectivity index (χ0n) is 14.2. The third kappa shape index (κ3) is 4.77. The molecule has 1 N–H and O–H groups in total. The van der Waals surface area contributed by atoms with Crippen molar-refractivity contribution in [1.29, 1.82) is 0 Å². The Labute approximate surface area is 159 Å². The number of thiocarbonyl (C=S) groups is 1. The van der Waals surface area contributed by atoms with Gasteiger partial charge < -0.3 is 19.9 Å². The molecule has 0 aliphatic carbocycles. The number of rotatable bonds is 4. The molecule has 2 aromatic rings. The summed E-state index contributed by atoms with van der Waals surface area (Å²) in [6.07, 6.45) is 0. The maximum absolute atomic E-state index is 6.09. The van der Waals surface area contributed by atoms with Crippen LogP contribution in [0.25, 0.3) is 0 Å². The first-order valence-corrected chi connectivity index (χ1v) is 9.10. The number of methoxy groups -OCH3 is 1. The summed E-state index contributed by atoms with van der Waals surface area (Å²) in [6.45, 7) is 4.40. The van der Waals surface area contributed by atoms with Gasteiger partial charge in [0.1, 0.15) is 5.75 Å². The van der Waals surface area contributed by atoms with Crippen molar-refractivity contribution in [3.8, 4) is 5.75 Å². The molecule has 1 aliphatic rings. The number of halogens is 1. The molecule has 0 saturated carbocycles. The van der Waals surface area contributed by atoms with Crippen molar-refractivity contribution < 1.29 is 4.74 Å². The smallest absolute Gasteiger partial charge is 0.169 e. The number of nitrogens with zero attached hydrogens (tertiary/aromatic N) is 2. The van der Waals surface area contributed by atoms with E-state index in [2.05, 4.69) is 21.2 Å². The van der Waals surface area contributed by atoms with E-state index in [0.29, 0.717) is 0 Å². The first-order valence-electron chi connectivity index (χ1n) is 8.32. The Bertz CT molecular complexity index is 715. The molecule has 0 bridgehead atoms. The van der Waals surface area contributed by atoms with Crippen molar-refractivity contribution in [3.63, 3.8) is 0 Å². The minimum atomic E-state index is 0.720. The molecule has 4 nitrogen and oxygen atoms in total. The van der Waals surface area contributed by atoms with E-state index < -0.39 is 0 Å². The van der Waals surface area contributed by atoms with Gasteiger partial charge in [0, 0.05) is 43.4 Å². The lowest BCUT2D eigenvalue weighted by molar-refractivity contribution is 0.380. The second kappa shape index (κ2) is 8.41. The van der Waals surface area contributed by atoms with Gasteiger partial charge in [-0.25, -0.2) is 0 Å². The third-order valence-electron chi connectivity index (χ3n) is 4.34. The van der Waals surface area contributed by atoms with Gasteiger partial charge in [0.2, 0.25) is 0 Å². The van der Waals surface area contributed by atoms with Gasteiger partial charge in [-0.2, -0.15) is 0 Å². The summed E-state index contributed by atoms with van der Waals surface area (Å²) in [6, 6.07) is 16.0. The standard InChI is InChI=1S/C19H22ClN3OS/c1-24-18-7-5-15(6-8-18)14-21-19(25)23-11-9-22(10-12-23)17-4-2-3-16(20)13-17/h2-8,13H,9-12,14H2,1H3,(H,21,25). The highest BCUT2D eigenvalue weighted by Crippen LogP contribution is 2.20. The first kappa shape index (κ1) is 17.8. The largest absolute Gasteiger partial charge is 0.497 e. The summed E-state index contributed by atoms with van der Waals surface area (Å²) in [7, 11) is 1.67. The van der Waals surface area contributed by atoms with Crippen LogP contribution in [0.1, 0.15) is 5.56 Å². The van der Waals surface area contributed by atoms with Crippen molar-refractivity contribution in [1.82, 2.24) is 10.2 Å². The van der Waals surface area contributed by atoms with Crippen LogP contribution in [0.3, 0.4) is 0 Å². The molecule has 1 aliphatic heterocycles. The van der Waals surface area contributed by atoms with E-state index in [4.69, 9.17) is 28.6 Å². The fourth-order valence-corrected chi connectivity index (χ4v) is 3.31. The van der Waals surface area contributed by atoms with Gasteiger partial charge in [0.05, 0.1) is 7.11 Å². The van der Waals surface area contributed by atoms with E-state index in [1.807, 2.05) is 42.5 Å². The van der Waals surface area contributed by atoms with Gasteiger partial charge >= 0.3 is 0 Å². The average Bonchev–Trinajstić information content (AvgIpc) is 2.66. The van der Waals surface area contributed by atoms with Crippen molar-refractivity contribution in [2.45, 2.75) is 6.54 Å². The monoisotopic (exact) mass is 375 g/mol. The van der Waals surface area contributed by atoms with Crippen LogP contribution in [0.2, 0.25) is 5.02 Å². The number of benzene rings is 2. The fourth-order valence-electron chi connectivity index (χ4n) is 2.87. The molecule has 2 aromatic carbocycles. The number of piperazine rings is 1. The van der Waals surface area contributed by atoms with Crippen LogP contribution in [-0.4, -0.2) is 43.3 Å². The SMILES string of the molecule is COc1ccc(CNC(=S)N2CCN(c3cccc(Cl)c3)CC2)cc1. The predicted octanol–water partition coefficient (Wildman–Crippen LogP) is 3.55. The highest BCUT2D eigenvalue weighted by molar-refractivity contribution is 7.80. The number of hydrogen-bond donors (Lipinski definition) is 1. The Morgan fingerprint density at radius 1 is 1.12 bits per heavy atom. The van der Waals surface area contributed by atoms with Gasteiger partial charge in [0.15, 0.2) is 5.11 Å². The number of anilines is 1. The molecule has 0 amide bonds. The number of ether oxygens (including phenoxy) is 1. The summed E-state index contributed by atoms with van der Waals surface area (Å²) in [5, 5.41) is 4.93. The molecule has 1 saturated heterocycles. The Morgan fingerprint density at radius 2 is 1.84 bits per heavy atom. The quantitative estimate of drug-likeness (QED) is 0.825. The molecule has 1 fully saturated rings. The van der Waals surface area contributed by atoms with E-state index in [1.54, 1.807) is 7.11 Å². The summed E-state index contributed by atoms with van der Waals surface area (Å²) in [4.78, 5) is 4.56. The van der Waals surface area contributed by atoms with E-state index in [1.165, 1.54) is 11.3 Å². The Balaban J connectivity index is 1.48. The lowest BCUT2D eigenvalue weighted by Gasteiger charge is -2.37. The van der Waals surface area contributed by atoms with Crippen LogP contribution >= 0.6 is 23.8 Å². The summed E-state index contributed by atoms with van der Waals surface area (Å²) in [5.74, 6) is 0.864. The van der Waals surface area contributed by atoms with Crippen molar-refractivity contribution in [3.05, 3.63) is 59.1 Å². The van der Waals surface area contributed by atoms with E-state index in [9.17, 15) is 0 Å². The van der Waals surface area contributed by atoms with Crippen LogP contribution in [-0.2, 0) is 6.54 Å². The lowest BCUT2D eigenvalue weighted by atomic mass is 10.2. The second-order valence-electron chi connectivity index (χ2n) is 5.96. The summed E-state index contributed by atoms with van der Waals surface area (Å²) < 4.78 is 5.18. The van der Waals surface area contributed by atoms with Gasteiger partial charge in [-0.3, -0.25) is 0 Å². The van der Waals surface area contributed by atoms with Crippen molar-refractivity contribution in [2.75, 3.05) is 38.2 Å². The highest BCUT2D eigenvalue weighted by atomic mass is 35.5. The summed E-state index contributed by atoms with van der Waals surface area (Å²) in [5.41, 5.74) is 2.35.